The van der Waals surface area contributed by atoms with Gasteiger partial charge in [0.15, 0.2) is 0 Å². The molecule has 2 aromatic rings. The first-order valence-corrected chi connectivity index (χ1v) is 11.3. The number of ether oxygens (including phenoxy) is 3. The molecule has 0 unspecified atom stereocenters. The van der Waals surface area contributed by atoms with E-state index in [4.69, 9.17) is 18.8 Å². The number of benzene rings is 1. The fourth-order valence-electron chi connectivity index (χ4n) is 3.02. The van der Waals surface area contributed by atoms with E-state index in [-0.39, 0.29) is 29.1 Å². The van der Waals surface area contributed by atoms with E-state index in [1.54, 1.807) is 11.8 Å². The average molecular weight is 452 g/mol. The quantitative estimate of drug-likeness (QED) is 0.658. The van der Waals surface area contributed by atoms with Gasteiger partial charge in [-0.3, -0.25) is 4.55 Å². The molecule has 31 heavy (non-hydrogen) atoms. The van der Waals surface area contributed by atoms with Crippen LogP contribution in [0.4, 0.5) is 4.79 Å². The van der Waals surface area contributed by atoms with Crippen molar-refractivity contribution in [1.82, 2.24) is 14.9 Å². The molecule has 0 spiro atoms. The number of rotatable bonds is 6. The van der Waals surface area contributed by atoms with Crippen molar-refractivity contribution in [3.8, 4) is 17.5 Å². The minimum absolute atomic E-state index is 0.112. The fraction of sp³-hybridized carbons (Fsp3) is 0.450. The lowest BCUT2D eigenvalue weighted by atomic mass is 10.1. The predicted molar refractivity (Wildman–Crippen MR) is 110 cm³/mol. The monoisotopic (exact) mass is 451 g/mol. The number of hydrogen-bond donors (Lipinski definition) is 1. The molecule has 1 amide bonds. The number of carbonyl (C=O) groups is 1. The lowest BCUT2D eigenvalue weighted by molar-refractivity contribution is 0.0505. The molecule has 168 valence electrons. The van der Waals surface area contributed by atoms with E-state index in [0.717, 1.165) is 0 Å². The van der Waals surface area contributed by atoms with E-state index in [0.29, 0.717) is 43.1 Å². The Morgan fingerprint density at radius 2 is 1.74 bits per heavy atom. The molecule has 2 heterocycles. The summed E-state index contributed by atoms with van der Waals surface area (Å²) in [7, 11) is -4.27. The van der Waals surface area contributed by atoms with Crippen LogP contribution in [-0.4, -0.2) is 59.2 Å². The third-order valence-corrected chi connectivity index (χ3v) is 5.51. The second-order valence-electron chi connectivity index (χ2n) is 7.39. The van der Waals surface area contributed by atoms with E-state index in [1.165, 1.54) is 30.6 Å². The van der Waals surface area contributed by atoms with Crippen LogP contribution in [0.15, 0.2) is 35.5 Å². The number of aromatic nitrogens is 2. The number of nitrogens with zero attached hydrogens (tertiary/aromatic N) is 3. The van der Waals surface area contributed by atoms with Crippen LogP contribution in [0.3, 0.4) is 0 Å². The number of amides is 1. The van der Waals surface area contributed by atoms with E-state index in [2.05, 4.69) is 9.97 Å². The minimum atomic E-state index is -4.27. The first kappa shape index (κ1) is 22.8. The summed E-state index contributed by atoms with van der Waals surface area (Å²) in [4.78, 5) is 21.7. The van der Waals surface area contributed by atoms with Crippen LogP contribution in [-0.2, 0) is 14.9 Å². The van der Waals surface area contributed by atoms with E-state index < -0.39 is 10.1 Å². The topological polar surface area (TPSA) is 128 Å². The molecule has 11 heteroatoms. The molecule has 0 aliphatic carbocycles. The molecule has 0 bridgehead atoms. The zero-order valence-corrected chi connectivity index (χ0v) is 18.3. The molecular formula is C20H25N3O7S. The third-order valence-electron chi connectivity index (χ3n) is 4.64. The van der Waals surface area contributed by atoms with Gasteiger partial charge in [-0.15, -0.1) is 0 Å². The first-order valence-electron chi connectivity index (χ1n) is 9.82. The second-order valence-corrected chi connectivity index (χ2v) is 8.82. The number of likely N-dealkylation sites (tertiary alicyclic amines) is 1. The maximum atomic E-state index is 12.0. The Balaban J connectivity index is 1.62. The van der Waals surface area contributed by atoms with Crippen molar-refractivity contribution in [2.24, 2.45) is 0 Å². The molecule has 1 N–H and O–H groups in total. The van der Waals surface area contributed by atoms with Crippen molar-refractivity contribution >= 4 is 16.2 Å². The van der Waals surface area contributed by atoms with Gasteiger partial charge in [0.05, 0.1) is 16.6 Å². The summed E-state index contributed by atoms with van der Waals surface area (Å²) in [6.07, 6.45) is 2.02. The van der Waals surface area contributed by atoms with Crippen molar-refractivity contribution in [2.45, 2.75) is 50.7 Å². The smallest absolute Gasteiger partial charge is 0.410 e. The molecule has 1 aromatic heterocycles. The van der Waals surface area contributed by atoms with Gasteiger partial charge in [0, 0.05) is 25.9 Å². The number of hydrogen-bond acceptors (Lipinski definition) is 8. The van der Waals surface area contributed by atoms with Gasteiger partial charge in [-0.25, -0.2) is 14.8 Å². The predicted octanol–water partition coefficient (Wildman–Crippen LogP) is 3.21. The normalized spacial score (nSPS) is 15.1. The van der Waals surface area contributed by atoms with Gasteiger partial charge in [-0.1, -0.05) is 0 Å². The van der Waals surface area contributed by atoms with E-state index in [9.17, 15) is 13.2 Å². The van der Waals surface area contributed by atoms with E-state index in [1.807, 2.05) is 13.8 Å². The van der Waals surface area contributed by atoms with Crippen molar-refractivity contribution in [3.63, 3.8) is 0 Å². The molecule has 1 aliphatic rings. The lowest BCUT2D eigenvalue weighted by Gasteiger charge is -2.31. The van der Waals surface area contributed by atoms with Crippen LogP contribution < -0.4 is 9.47 Å². The highest BCUT2D eigenvalue weighted by Gasteiger charge is 2.26. The Labute approximate surface area is 180 Å². The van der Waals surface area contributed by atoms with E-state index >= 15 is 0 Å². The molecule has 0 atom stereocenters. The SMILES string of the molecule is Cc1c(Oc2ccc(S(=O)(=O)O)cc2)ncnc1OC1CCN(C(=O)OC(C)C)CC1. The Morgan fingerprint density at radius 1 is 1.13 bits per heavy atom. The minimum Gasteiger partial charge on any atom is -0.474 e. The average Bonchev–Trinajstić information content (AvgIpc) is 2.71. The molecule has 3 rings (SSSR count). The maximum absolute atomic E-state index is 12.0. The molecule has 1 aromatic carbocycles. The largest absolute Gasteiger partial charge is 0.474 e. The van der Waals surface area contributed by atoms with Crippen LogP contribution >= 0.6 is 0 Å². The summed E-state index contributed by atoms with van der Waals surface area (Å²) in [5.41, 5.74) is 0.586. The van der Waals surface area contributed by atoms with Crippen LogP contribution in [0.25, 0.3) is 0 Å². The molecule has 1 fully saturated rings. The molecule has 0 radical (unpaired) electrons. The Bertz CT molecular complexity index is 1020. The van der Waals surface area contributed by atoms with Gasteiger partial charge in [0.1, 0.15) is 18.2 Å². The van der Waals surface area contributed by atoms with Crippen molar-refractivity contribution in [2.75, 3.05) is 13.1 Å². The van der Waals surface area contributed by atoms with Gasteiger partial charge in [0.25, 0.3) is 10.1 Å². The fourth-order valence-corrected chi connectivity index (χ4v) is 3.50. The van der Waals surface area contributed by atoms with Gasteiger partial charge in [0.2, 0.25) is 11.8 Å². The van der Waals surface area contributed by atoms with Crippen molar-refractivity contribution in [1.29, 1.82) is 0 Å². The van der Waals surface area contributed by atoms with Crippen LogP contribution in [0.2, 0.25) is 0 Å². The van der Waals surface area contributed by atoms with Crippen molar-refractivity contribution < 1.29 is 32.0 Å². The Morgan fingerprint density at radius 3 is 2.32 bits per heavy atom. The molecule has 0 saturated carbocycles. The lowest BCUT2D eigenvalue weighted by Crippen LogP contribution is -2.42. The van der Waals surface area contributed by atoms with Crippen LogP contribution in [0.1, 0.15) is 32.3 Å². The van der Waals surface area contributed by atoms with Crippen LogP contribution in [0, 0.1) is 6.92 Å². The second kappa shape index (κ2) is 9.48. The third kappa shape index (κ3) is 6.05. The summed E-state index contributed by atoms with van der Waals surface area (Å²) in [6, 6.07) is 5.29. The summed E-state index contributed by atoms with van der Waals surface area (Å²) in [6.45, 7) is 6.45. The summed E-state index contributed by atoms with van der Waals surface area (Å²) in [5, 5.41) is 0. The molecule has 1 saturated heterocycles. The zero-order chi connectivity index (χ0) is 22.6. The molecule has 1 aliphatic heterocycles. The van der Waals surface area contributed by atoms with Crippen molar-refractivity contribution in [3.05, 3.63) is 36.2 Å². The van der Waals surface area contributed by atoms with Gasteiger partial charge in [-0.2, -0.15) is 8.42 Å². The highest BCUT2D eigenvalue weighted by Crippen LogP contribution is 2.29. The Hall–Kier alpha value is -2.92. The zero-order valence-electron chi connectivity index (χ0n) is 17.5. The van der Waals surface area contributed by atoms with Gasteiger partial charge < -0.3 is 19.1 Å². The number of carbonyl (C=O) groups excluding carboxylic acids is 1. The highest BCUT2D eigenvalue weighted by molar-refractivity contribution is 7.85. The summed E-state index contributed by atoms with van der Waals surface area (Å²) >= 11 is 0. The highest BCUT2D eigenvalue weighted by atomic mass is 32.2. The summed E-state index contributed by atoms with van der Waals surface area (Å²) < 4.78 is 48.3. The molecular weight excluding hydrogens is 426 g/mol. The van der Waals surface area contributed by atoms with Crippen LogP contribution in [0.5, 0.6) is 17.5 Å². The maximum Gasteiger partial charge on any atom is 0.410 e. The first-order chi connectivity index (χ1) is 14.6. The summed E-state index contributed by atoms with van der Waals surface area (Å²) in [5.74, 6) is 0.988. The van der Waals surface area contributed by atoms with Gasteiger partial charge in [-0.05, 0) is 45.0 Å². The molecule has 10 nitrogen and oxygen atoms in total. The Kier molecular flexibility index (Phi) is 6.96. The van der Waals surface area contributed by atoms with Gasteiger partial charge >= 0.3 is 6.09 Å². The standard InChI is InChI=1S/C20H25N3O7S/c1-13(2)28-20(24)23-10-8-16(9-11-23)30-19-14(3)18(21-12-22-19)29-15-4-6-17(7-5-15)31(25,26)27/h4-7,12-13,16H,8-11H2,1-3H3,(H,25,26,27). The number of piperidine rings is 1.